The van der Waals surface area contributed by atoms with Crippen LogP contribution in [0.4, 0.5) is 17.6 Å². The Labute approximate surface area is 179 Å². The Morgan fingerprint density at radius 3 is 2.44 bits per heavy atom. The molecule has 1 saturated heterocycles. The number of aromatic amines is 1. The highest BCUT2D eigenvalue weighted by Gasteiger charge is 2.33. The zero-order valence-corrected chi connectivity index (χ0v) is 16.6. The van der Waals surface area contributed by atoms with Gasteiger partial charge in [0.25, 0.3) is 5.56 Å². The number of imidazole rings is 1. The molecule has 0 unspecified atom stereocenters. The van der Waals surface area contributed by atoms with E-state index in [1.54, 1.807) is 22.7 Å². The Bertz CT molecular complexity index is 1320. The van der Waals surface area contributed by atoms with Gasteiger partial charge in [0.2, 0.25) is 0 Å². The number of H-pyrrole nitrogens is 1. The van der Waals surface area contributed by atoms with Crippen molar-refractivity contribution in [2.75, 3.05) is 13.1 Å². The molecule has 1 N–H and O–H groups in total. The molecule has 0 bridgehead atoms. The Morgan fingerprint density at radius 2 is 1.78 bits per heavy atom. The molecule has 0 saturated carbocycles. The second kappa shape index (κ2) is 7.56. The van der Waals surface area contributed by atoms with Gasteiger partial charge in [0.1, 0.15) is 17.2 Å². The largest absolute Gasteiger partial charge is 0.417 e. The smallest absolute Gasteiger partial charge is 0.322 e. The van der Waals surface area contributed by atoms with Gasteiger partial charge in [-0.25, -0.2) is 9.37 Å². The summed E-state index contributed by atoms with van der Waals surface area (Å²) in [5.41, 5.74) is 1.29. The summed E-state index contributed by atoms with van der Waals surface area (Å²) in [7, 11) is 0. The van der Waals surface area contributed by atoms with Crippen molar-refractivity contribution in [3.8, 4) is 11.4 Å². The van der Waals surface area contributed by atoms with Gasteiger partial charge < -0.3 is 4.98 Å². The number of nitrogens with zero attached hydrogens (tertiary/aromatic N) is 4. The van der Waals surface area contributed by atoms with E-state index in [0.717, 1.165) is 12.3 Å². The lowest BCUT2D eigenvalue weighted by molar-refractivity contribution is -0.137. The Hall–Kier alpha value is -3.53. The second-order valence-electron chi connectivity index (χ2n) is 7.81. The number of hydrogen-bond acceptors (Lipinski definition) is 4. The third-order valence-corrected chi connectivity index (χ3v) is 5.57. The lowest BCUT2D eigenvalue weighted by atomic mass is 9.95. The quantitative estimate of drug-likeness (QED) is 0.487. The maximum Gasteiger partial charge on any atom is 0.417 e. The third-order valence-electron chi connectivity index (χ3n) is 5.57. The van der Waals surface area contributed by atoms with Crippen LogP contribution in [0.3, 0.4) is 0 Å². The molecule has 3 aromatic heterocycles. The van der Waals surface area contributed by atoms with Gasteiger partial charge in [0, 0.05) is 54.9 Å². The van der Waals surface area contributed by atoms with E-state index in [1.807, 2.05) is 0 Å². The van der Waals surface area contributed by atoms with Crippen LogP contribution >= 0.6 is 0 Å². The molecule has 32 heavy (non-hydrogen) atoms. The molecule has 1 aliphatic heterocycles. The van der Waals surface area contributed by atoms with Crippen molar-refractivity contribution in [3.63, 3.8) is 0 Å². The van der Waals surface area contributed by atoms with Gasteiger partial charge in [-0.1, -0.05) is 0 Å². The number of nitrogens with one attached hydrogen (secondary N) is 1. The molecule has 164 valence electrons. The summed E-state index contributed by atoms with van der Waals surface area (Å²) in [6, 6.07) is 8.33. The van der Waals surface area contributed by atoms with Crippen LogP contribution in [-0.4, -0.2) is 37.3 Å². The van der Waals surface area contributed by atoms with Gasteiger partial charge in [-0.3, -0.25) is 19.1 Å². The first-order valence-corrected chi connectivity index (χ1v) is 9.88. The molecule has 1 fully saturated rings. The second-order valence-corrected chi connectivity index (χ2v) is 7.81. The van der Waals surface area contributed by atoms with Gasteiger partial charge in [0.05, 0.1) is 11.8 Å². The molecule has 4 aromatic rings. The Balaban J connectivity index is 1.32. The van der Waals surface area contributed by atoms with Gasteiger partial charge >= 0.3 is 6.18 Å². The Kier molecular flexibility index (Phi) is 4.81. The highest BCUT2D eigenvalue weighted by molar-refractivity contribution is 5.61. The topological polar surface area (TPSA) is 66.3 Å². The van der Waals surface area contributed by atoms with Crippen molar-refractivity contribution in [3.05, 3.63) is 88.1 Å². The van der Waals surface area contributed by atoms with E-state index in [0.29, 0.717) is 47.9 Å². The van der Waals surface area contributed by atoms with Crippen molar-refractivity contribution < 1.29 is 17.6 Å². The van der Waals surface area contributed by atoms with Crippen LogP contribution in [0.5, 0.6) is 0 Å². The van der Waals surface area contributed by atoms with Crippen molar-refractivity contribution in [2.45, 2.75) is 18.6 Å². The average molecular weight is 443 g/mol. The van der Waals surface area contributed by atoms with Crippen molar-refractivity contribution in [1.82, 2.24) is 24.3 Å². The summed E-state index contributed by atoms with van der Waals surface area (Å²) in [6.45, 7) is 1.70. The normalized spacial score (nSPS) is 15.2. The van der Waals surface area contributed by atoms with E-state index in [2.05, 4.69) is 19.9 Å². The van der Waals surface area contributed by atoms with E-state index >= 15 is 0 Å². The Morgan fingerprint density at radius 1 is 1.03 bits per heavy atom. The van der Waals surface area contributed by atoms with E-state index in [1.165, 1.54) is 24.4 Å². The predicted molar refractivity (Wildman–Crippen MR) is 108 cm³/mol. The molecule has 1 aliphatic rings. The van der Waals surface area contributed by atoms with Crippen molar-refractivity contribution in [2.24, 2.45) is 0 Å². The highest BCUT2D eigenvalue weighted by Crippen LogP contribution is 2.31. The molecular weight excluding hydrogens is 426 g/mol. The van der Waals surface area contributed by atoms with Gasteiger partial charge in [-0.05, 0) is 36.4 Å². The number of aromatic nitrogens is 4. The zero-order chi connectivity index (χ0) is 22.5. The summed E-state index contributed by atoms with van der Waals surface area (Å²) in [6.07, 6.45) is -0.287. The van der Waals surface area contributed by atoms with E-state index in [9.17, 15) is 22.4 Å². The third kappa shape index (κ3) is 3.77. The summed E-state index contributed by atoms with van der Waals surface area (Å²) in [5, 5.41) is 0. The van der Waals surface area contributed by atoms with Crippen LogP contribution in [0.15, 0.2) is 59.8 Å². The molecule has 0 aliphatic carbocycles. The lowest BCUT2D eigenvalue weighted by Crippen LogP contribution is -2.44. The van der Waals surface area contributed by atoms with Gasteiger partial charge in [0.15, 0.2) is 0 Å². The number of benzene rings is 1. The molecule has 5 rings (SSSR count). The molecule has 6 nitrogen and oxygen atoms in total. The molecular formula is C22H17F4N5O. The van der Waals surface area contributed by atoms with Crippen LogP contribution in [-0.2, 0) is 12.7 Å². The minimum Gasteiger partial charge on any atom is -0.322 e. The van der Waals surface area contributed by atoms with Crippen LogP contribution in [0.1, 0.15) is 22.9 Å². The highest BCUT2D eigenvalue weighted by atomic mass is 19.4. The summed E-state index contributed by atoms with van der Waals surface area (Å²) in [5.74, 6) is 0.210. The average Bonchev–Trinajstić information content (AvgIpc) is 3.15. The minimum atomic E-state index is -4.40. The van der Waals surface area contributed by atoms with Crippen LogP contribution in [0.25, 0.3) is 16.9 Å². The standard InChI is InChI=1S/C22H17F4N5O/c23-16-4-1-13(2-5-16)20-28-8-19-21(32)29-17(12-31(19)20)11-30-9-14(10-30)18-6-3-15(7-27-18)22(24,25)26/h1-8,12,14H,9-11H2,(H,29,32). The number of pyridine rings is 1. The molecule has 0 spiro atoms. The summed E-state index contributed by atoms with van der Waals surface area (Å²) < 4.78 is 53.0. The van der Waals surface area contributed by atoms with E-state index < -0.39 is 11.7 Å². The summed E-state index contributed by atoms with van der Waals surface area (Å²) >= 11 is 0. The van der Waals surface area contributed by atoms with Crippen LogP contribution in [0.2, 0.25) is 0 Å². The number of fused-ring (bicyclic) bond motifs is 1. The zero-order valence-electron chi connectivity index (χ0n) is 16.6. The van der Waals surface area contributed by atoms with Crippen LogP contribution in [0, 0.1) is 5.82 Å². The first kappa shape index (κ1) is 20.4. The molecule has 0 atom stereocenters. The number of hydrogen-bond donors (Lipinski definition) is 1. The van der Waals surface area contributed by atoms with Crippen LogP contribution < -0.4 is 5.56 Å². The fraction of sp³-hybridized carbons (Fsp3) is 0.227. The molecule has 4 heterocycles. The molecule has 0 amide bonds. The first-order valence-electron chi connectivity index (χ1n) is 9.88. The van der Waals surface area contributed by atoms with Crippen molar-refractivity contribution in [1.29, 1.82) is 0 Å². The molecule has 0 radical (unpaired) electrons. The van der Waals surface area contributed by atoms with E-state index in [-0.39, 0.29) is 17.3 Å². The number of rotatable bonds is 4. The maximum atomic E-state index is 13.2. The molecule has 10 heteroatoms. The first-order chi connectivity index (χ1) is 15.3. The predicted octanol–water partition coefficient (Wildman–Crippen LogP) is 3.84. The fourth-order valence-corrected chi connectivity index (χ4v) is 3.89. The summed E-state index contributed by atoms with van der Waals surface area (Å²) in [4.78, 5) is 25.7. The number of halogens is 4. The number of alkyl halides is 3. The van der Waals surface area contributed by atoms with Gasteiger partial charge in [-0.2, -0.15) is 13.2 Å². The lowest BCUT2D eigenvalue weighted by Gasteiger charge is -2.38. The monoisotopic (exact) mass is 443 g/mol. The van der Waals surface area contributed by atoms with Crippen molar-refractivity contribution >= 4 is 5.52 Å². The minimum absolute atomic E-state index is 0.0377. The van der Waals surface area contributed by atoms with E-state index in [4.69, 9.17) is 0 Å². The maximum absolute atomic E-state index is 13.2. The van der Waals surface area contributed by atoms with Gasteiger partial charge in [-0.15, -0.1) is 0 Å². The SMILES string of the molecule is O=c1[nH]c(CN2CC(c3ccc(C(F)(F)F)cn3)C2)cn2c(-c3ccc(F)cc3)ncc12. The molecule has 1 aromatic carbocycles. The fourth-order valence-electron chi connectivity index (χ4n) is 3.89. The number of likely N-dealkylation sites (tertiary alicyclic amines) is 1.